The van der Waals surface area contributed by atoms with Crippen LogP contribution >= 0.6 is 11.6 Å². The predicted octanol–water partition coefficient (Wildman–Crippen LogP) is 2.70. The number of nitrogens with zero attached hydrogens (tertiary/aromatic N) is 2. The monoisotopic (exact) mass is 308 g/mol. The van der Waals surface area contributed by atoms with E-state index in [1.807, 2.05) is 4.90 Å². The molecule has 0 saturated carbocycles. The van der Waals surface area contributed by atoms with Crippen molar-refractivity contribution >= 4 is 17.5 Å². The molecule has 1 aromatic carbocycles. The Balaban J connectivity index is 1.79. The quantitative estimate of drug-likeness (QED) is 0.781. The molecule has 1 saturated heterocycles. The van der Waals surface area contributed by atoms with Gasteiger partial charge >= 0.3 is 0 Å². The summed E-state index contributed by atoms with van der Waals surface area (Å²) in [6.07, 6.45) is 2.49. The molecule has 1 aliphatic heterocycles. The number of rotatable bonds is 5. The van der Waals surface area contributed by atoms with E-state index in [1.54, 1.807) is 0 Å². The number of amides is 1. The Labute approximate surface area is 132 Å². The SMILES string of the molecule is Cc1ccc(CCC(=O)N2CCCN(CCCl)CC2)cc1. The summed E-state index contributed by atoms with van der Waals surface area (Å²) in [4.78, 5) is 16.7. The van der Waals surface area contributed by atoms with Crippen LogP contribution in [-0.4, -0.2) is 54.3 Å². The van der Waals surface area contributed by atoms with E-state index < -0.39 is 0 Å². The Morgan fingerprint density at radius 1 is 1.14 bits per heavy atom. The molecule has 0 aliphatic carbocycles. The molecule has 21 heavy (non-hydrogen) atoms. The molecule has 0 bridgehead atoms. The van der Waals surface area contributed by atoms with E-state index in [1.165, 1.54) is 11.1 Å². The van der Waals surface area contributed by atoms with Gasteiger partial charge in [0, 0.05) is 38.5 Å². The number of hydrogen-bond donors (Lipinski definition) is 0. The smallest absolute Gasteiger partial charge is 0.222 e. The Morgan fingerprint density at radius 2 is 1.90 bits per heavy atom. The van der Waals surface area contributed by atoms with Crippen LogP contribution in [-0.2, 0) is 11.2 Å². The fraction of sp³-hybridized carbons (Fsp3) is 0.588. The van der Waals surface area contributed by atoms with E-state index in [0.29, 0.717) is 12.3 Å². The fourth-order valence-corrected chi connectivity index (χ4v) is 2.97. The van der Waals surface area contributed by atoms with Gasteiger partial charge in [0.2, 0.25) is 5.91 Å². The zero-order chi connectivity index (χ0) is 15.1. The number of hydrogen-bond acceptors (Lipinski definition) is 2. The average Bonchev–Trinajstić information content (AvgIpc) is 2.72. The highest BCUT2D eigenvalue weighted by Crippen LogP contribution is 2.09. The molecule has 0 aromatic heterocycles. The van der Waals surface area contributed by atoms with Gasteiger partial charge in [-0.15, -0.1) is 11.6 Å². The lowest BCUT2D eigenvalue weighted by Crippen LogP contribution is -2.35. The number of alkyl halides is 1. The molecule has 0 radical (unpaired) electrons. The van der Waals surface area contributed by atoms with Crippen molar-refractivity contribution in [3.05, 3.63) is 35.4 Å². The van der Waals surface area contributed by atoms with Gasteiger partial charge in [0.15, 0.2) is 0 Å². The second-order valence-electron chi connectivity index (χ2n) is 5.75. The summed E-state index contributed by atoms with van der Waals surface area (Å²) in [7, 11) is 0. The van der Waals surface area contributed by atoms with Crippen molar-refractivity contribution in [2.75, 3.05) is 38.6 Å². The third-order valence-corrected chi connectivity index (χ3v) is 4.26. The zero-order valence-corrected chi connectivity index (χ0v) is 13.6. The van der Waals surface area contributed by atoms with Crippen molar-refractivity contribution in [2.45, 2.75) is 26.2 Å². The topological polar surface area (TPSA) is 23.6 Å². The summed E-state index contributed by atoms with van der Waals surface area (Å²) >= 11 is 5.79. The van der Waals surface area contributed by atoms with Crippen molar-refractivity contribution in [1.82, 2.24) is 9.80 Å². The molecule has 0 spiro atoms. The normalized spacial score (nSPS) is 16.8. The van der Waals surface area contributed by atoms with Crippen molar-refractivity contribution in [1.29, 1.82) is 0 Å². The summed E-state index contributed by atoms with van der Waals surface area (Å²) in [5.41, 5.74) is 2.50. The van der Waals surface area contributed by atoms with Crippen LogP contribution in [0, 0.1) is 6.92 Å². The fourth-order valence-electron chi connectivity index (χ4n) is 2.73. The maximum atomic E-state index is 12.3. The molecule has 1 aliphatic rings. The minimum atomic E-state index is 0.281. The van der Waals surface area contributed by atoms with Crippen LogP contribution in [0.1, 0.15) is 24.0 Å². The van der Waals surface area contributed by atoms with Crippen LogP contribution in [0.2, 0.25) is 0 Å². The van der Waals surface area contributed by atoms with Gasteiger partial charge in [-0.2, -0.15) is 0 Å². The van der Waals surface area contributed by atoms with E-state index in [4.69, 9.17) is 11.6 Å². The molecule has 1 aromatic rings. The Hall–Kier alpha value is -1.06. The highest BCUT2D eigenvalue weighted by atomic mass is 35.5. The van der Waals surface area contributed by atoms with Crippen molar-refractivity contribution in [3.63, 3.8) is 0 Å². The molecular weight excluding hydrogens is 284 g/mol. The van der Waals surface area contributed by atoms with Crippen LogP contribution in [0.4, 0.5) is 0 Å². The zero-order valence-electron chi connectivity index (χ0n) is 12.9. The van der Waals surface area contributed by atoms with Crippen LogP contribution in [0.15, 0.2) is 24.3 Å². The van der Waals surface area contributed by atoms with Gasteiger partial charge in [-0.05, 0) is 31.9 Å². The Kier molecular flexibility index (Phi) is 6.52. The summed E-state index contributed by atoms with van der Waals surface area (Å²) in [5, 5.41) is 0. The standard InChI is InChI=1S/C17H25ClN2O/c1-15-3-5-16(6-4-15)7-8-17(21)20-11-2-10-19(12-9-18)13-14-20/h3-6H,2,7-14H2,1H3. The van der Waals surface area contributed by atoms with Crippen molar-refractivity contribution in [2.24, 2.45) is 0 Å². The largest absolute Gasteiger partial charge is 0.341 e. The molecule has 0 unspecified atom stereocenters. The van der Waals surface area contributed by atoms with Crippen molar-refractivity contribution < 1.29 is 4.79 Å². The molecule has 2 rings (SSSR count). The van der Waals surface area contributed by atoms with Gasteiger partial charge in [-0.25, -0.2) is 0 Å². The average molecular weight is 309 g/mol. The van der Waals surface area contributed by atoms with Crippen LogP contribution in [0.5, 0.6) is 0 Å². The molecular formula is C17H25ClN2O. The predicted molar refractivity (Wildman–Crippen MR) is 87.9 cm³/mol. The first-order valence-corrected chi connectivity index (χ1v) is 8.34. The van der Waals surface area contributed by atoms with Gasteiger partial charge < -0.3 is 9.80 Å². The van der Waals surface area contributed by atoms with Gasteiger partial charge in [0.1, 0.15) is 0 Å². The first-order valence-electron chi connectivity index (χ1n) is 7.80. The van der Waals surface area contributed by atoms with E-state index >= 15 is 0 Å². The van der Waals surface area contributed by atoms with Gasteiger partial charge in [-0.1, -0.05) is 29.8 Å². The molecule has 1 fully saturated rings. The maximum absolute atomic E-state index is 12.3. The highest BCUT2D eigenvalue weighted by Gasteiger charge is 2.18. The summed E-state index contributed by atoms with van der Waals surface area (Å²) in [6, 6.07) is 8.45. The maximum Gasteiger partial charge on any atom is 0.222 e. The van der Waals surface area contributed by atoms with E-state index in [2.05, 4.69) is 36.1 Å². The molecule has 1 amide bonds. The lowest BCUT2D eigenvalue weighted by atomic mass is 10.1. The first kappa shape index (κ1) is 16.3. The molecule has 3 nitrogen and oxygen atoms in total. The number of carbonyl (C=O) groups excluding carboxylic acids is 1. The summed E-state index contributed by atoms with van der Waals surface area (Å²) in [5.74, 6) is 0.949. The van der Waals surface area contributed by atoms with E-state index in [9.17, 15) is 4.79 Å². The number of aryl methyl sites for hydroxylation is 2. The minimum absolute atomic E-state index is 0.281. The molecule has 0 N–H and O–H groups in total. The molecule has 4 heteroatoms. The Bertz CT molecular complexity index is 447. The molecule has 116 valence electrons. The van der Waals surface area contributed by atoms with Crippen LogP contribution in [0.25, 0.3) is 0 Å². The van der Waals surface area contributed by atoms with Crippen LogP contribution < -0.4 is 0 Å². The summed E-state index contributed by atoms with van der Waals surface area (Å²) in [6.45, 7) is 6.72. The van der Waals surface area contributed by atoms with Gasteiger partial charge in [0.25, 0.3) is 0 Å². The second kappa shape index (κ2) is 8.40. The van der Waals surface area contributed by atoms with Gasteiger partial charge in [-0.3, -0.25) is 4.79 Å². The number of halogens is 1. The summed E-state index contributed by atoms with van der Waals surface area (Å²) < 4.78 is 0. The molecule has 1 heterocycles. The minimum Gasteiger partial charge on any atom is -0.341 e. The lowest BCUT2D eigenvalue weighted by molar-refractivity contribution is -0.131. The Morgan fingerprint density at radius 3 is 2.62 bits per heavy atom. The third-order valence-electron chi connectivity index (χ3n) is 4.09. The van der Waals surface area contributed by atoms with E-state index in [-0.39, 0.29) is 5.91 Å². The van der Waals surface area contributed by atoms with E-state index in [0.717, 1.165) is 45.6 Å². The molecule has 0 atom stereocenters. The van der Waals surface area contributed by atoms with Crippen LogP contribution in [0.3, 0.4) is 0 Å². The van der Waals surface area contributed by atoms with Crippen molar-refractivity contribution in [3.8, 4) is 0 Å². The number of benzene rings is 1. The number of carbonyl (C=O) groups is 1. The van der Waals surface area contributed by atoms with Gasteiger partial charge in [0.05, 0.1) is 0 Å². The lowest BCUT2D eigenvalue weighted by Gasteiger charge is -2.21. The first-order chi connectivity index (χ1) is 10.2. The highest BCUT2D eigenvalue weighted by molar-refractivity contribution is 6.18. The second-order valence-corrected chi connectivity index (χ2v) is 6.13. The third kappa shape index (κ3) is 5.33.